The van der Waals surface area contributed by atoms with Gasteiger partial charge in [-0.05, 0) is 18.2 Å². The molecule has 2 aromatic rings. The molecule has 0 aliphatic rings. The molecule has 0 unspecified atom stereocenters. The molecule has 3 N–H and O–H groups in total. The summed E-state index contributed by atoms with van der Waals surface area (Å²) in [5.41, 5.74) is 6.81. The highest BCUT2D eigenvalue weighted by atomic mass is 16.5. The molecule has 0 radical (unpaired) electrons. The predicted octanol–water partition coefficient (Wildman–Crippen LogP) is 1.34. The van der Waals surface area contributed by atoms with Gasteiger partial charge in [0.1, 0.15) is 12.1 Å². The van der Waals surface area contributed by atoms with Crippen molar-refractivity contribution in [2.45, 2.75) is 13.0 Å². The number of rotatable bonds is 7. The number of nitrogens with zero attached hydrogens (tertiary/aromatic N) is 2. The minimum Gasteiger partial charge on any atom is -0.491 e. The molecule has 0 spiro atoms. The van der Waals surface area contributed by atoms with Gasteiger partial charge in [-0.3, -0.25) is 4.79 Å². The molecule has 0 aliphatic heterocycles. The lowest BCUT2D eigenvalue weighted by atomic mass is 10.3. The number of para-hydroxylation sites is 2. The maximum atomic E-state index is 10.7. The van der Waals surface area contributed by atoms with Gasteiger partial charge in [0.15, 0.2) is 0 Å². The second-order valence-corrected chi connectivity index (χ2v) is 4.12. The lowest BCUT2D eigenvalue weighted by molar-refractivity contribution is -0.118. The van der Waals surface area contributed by atoms with Crippen LogP contribution in [-0.4, -0.2) is 22.5 Å². The summed E-state index contributed by atoms with van der Waals surface area (Å²) in [5.74, 6) is 0.305. The van der Waals surface area contributed by atoms with Crippen molar-refractivity contribution < 1.29 is 9.53 Å². The maximum absolute atomic E-state index is 10.7. The molecule has 6 nitrogen and oxygen atoms in total. The van der Waals surface area contributed by atoms with Crippen LogP contribution in [0.4, 0.5) is 5.69 Å². The quantitative estimate of drug-likeness (QED) is 0.794. The zero-order valence-corrected chi connectivity index (χ0v) is 11.0. The number of carbonyl (C=O) groups excluding carboxylic acids is 1. The Morgan fingerprint density at radius 1 is 1.30 bits per heavy atom. The van der Waals surface area contributed by atoms with E-state index in [2.05, 4.69) is 15.3 Å². The van der Waals surface area contributed by atoms with Gasteiger partial charge in [-0.15, -0.1) is 0 Å². The van der Waals surface area contributed by atoms with Crippen molar-refractivity contribution in [2.75, 3.05) is 11.9 Å². The summed E-state index contributed by atoms with van der Waals surface area (Å²) in [7, 11) is 0. The van der Waals surface area contributed by atoms with E-state index in [1.165, 1.54) is 6.33 Å². The molecule has 1 aromatic heterocycles. The van der Waals surface area contributed by atoms with Gasteiger partial charge in [0.2, 0.25) is 5.91 Å². The van der Waals surface area contributed by atoms with Gasteiger partial charge in [0.25, 0.3) is 0 Å². The van der Waals surface area contributed by atoms with Crippen molar-refractivity contribution in [3.05, 3.63) is 48.5 Å². The van der Waals surface area contributed by atoms with Crippen LogP contribution in [-0.2, 0) is 11.3 Å². The summed E-state index contributed by atoms with van der Waals surface area (Å²) in [6, 6.07) is 9.35. The third-order valence-corrected chi connectivity index (χ3v) is 2.60. The SMILES string of the molecule is NC(=O)CCOc1ccccc1NCc1ccncn1. The van der Waals surface area contributed by atoms with Crippen molar-refractivity contribution in [3.63, 3.8) is 0 Å². The first-order valence-corrected chi connectivity index (χ1v) is 6.24. The van der Waals surface area contributed by atoms with E-state index in [-0.39, 0.29) is 18.9 Å². The minimum atomic E-state index is -0.378. The Bertz CT molecular complexity index is 560. The Morgan fingerprint density at radius 3 is 2.90 bits per heavy atom. The number of hydrogen-bond acceptors (Lipinski definition) is 5. The topological polar surface area (TPSA) is 90.1 Å². The number of hydrogen-bond donors (Lipinski definition) is 2. The van der Waals surface area contributed by atoms with Crippen LogP contribution in [0.2, 0.25) is 0 Å². The first-order valence-electron chi connectivity index (χ1n) is 6.24. The molecule has 2 rings (SSSR count). The largest absolute Gasteiger partial charge is 0.491 e. The van der Waals surface area contributed by atoms with Crippen LogP contribution in [0.15, 0.2) is 42.9 Å². The molecule has 20 heavy (non-hydrogen) atoms. The van der Waals surface area contributed by atoms with Crippen LogP contribution < -0.4 is 15.8 Å². The number of carbonyl (C=O) groups is 1. The highest BCUT2D eigenvalue weighted by molar-refractivity contribution is 5.73. The Morgan fingerprint density at radius 2 is 2.15 bits per heavy atom. The second kappa shape index (κ2) is 7.08. The van der Waals surface area contributed by atoms with E-state index in [0.29, 0.717) is 12.3 Å². The fraction of sp³-hybridized carbons (Fsp3) is 0.214. The predicted molar refractivity (Wildman–Crippen MR) is 75.1 cm³/mol. The molecule has 0 saturated heterocycles. The van der Waals surface area contributed by atoms with Gasteiger partial charge in [-0.25, -0.2) is 9.97 Å². The molecule has 0 bridgehead atoms. The molecule has 6 heteroatoms. The van der Waals surface area contributed by atoms with E-state index < -0.39 is 0 Å². The van der Waals surface area contributed by atoms with Gasteiger partial charge >= 0.3 is 0 Å². The van der Waals surface area contributed by atoms with Crippen LogP contribution in [0.25, 0.3) is 0 Å². The minimum absolute atomic E-state index is 0.195. The standard InChI is InChI=1S/C14H16N4O2/c15-14(19)6-8-20-13-4-2-1-3-12(13)17-9-11-5-7-16-10-18-11/h1-5,7,10,17H,6,8-9H2,(H2,15,19). The number of benzene rings is 1. The smallest absolute Gasteiger partial charge is 0.220 e. The van der Waals surface area contributed by atoms with Gasteiger partial charge in [-0.2, -0.15) is 0 Å². The molecule has 0 atom stereocenters. The number of aromatic nitrogens is 2. The number of ether oxygens (including phenoxy) is 1. The van der Waals surface area contributed by atoms with Crippen molar-refractivity contribution >= 4 is 11.6 Å². The van der Waals surface area contributed by atoms with Crippen molar-refractivity contribution in [2.24, 2.45) is 5.73 Å². The summed E-state index contributed by atoms with van der Waals surface area (Å²) in [4.78, 5) is 18.7. The number of nitrogens with two attached hydrogens (primary N) is 1. The number of primary amides is 1. The number of anilines is 1. The molecular formula is C14H16N4O2. The molecule has 0 fully saturated rings. The summed E-state index contributed by atoms with van der Waals surface area (Å²) >= 11 is 0. The molecular weight excluding hydrogens is 256 g/mol. The van der Waals surface area contributed by atoms with Crippen LogP contribution in [0, 0.1) is 0 Å². The lowest BCUT2D eigenvalue weighted by Crippen LogP contribution is -2.15. The van der Waals surface area contributed by atoms with Crippen LogP contribution >= 0.6 is 0 Å². The van der Waals surface area contributed by atoms with Crippen molar-refractivity contribution in [3.8, 4) is 5.75 Å². The molecule has 0 aliphatic carbocycles. The molecule has 1 heterocycles. The van der Waals surface area contributed by atoms with E-state index in [0.717, 1.165) is 11.4 Å². The van der Waals surface area contributed by atoms with Gasteiger partial charge in [0.05, 0.1) is 31.0 Å². The third-order valence-electron chi connectivity index (χ3n) is 2.60. The Hall–Kier alpha value is -2.63. The summed E-state index contributed by atoms with van der Waals surface area (Å²) in [6.45, 7) is 0.834. The first-order chi connectivity index (χ1) is 9.75. The summed E-state index contributed by atoms with van der Waals surface area (Å²) in [5, 5.41) is 3.24. The van der Waals surface area contributed by atoms with E-state index in [4.69, 9.17) is 10.5 Å². The van der Waals surface area contributed by atoms with Gasteiger partial charge < -0.3 is 15.8 Å². The highest BCUT2D eigenvalue weighted by Crippen LogP contribution is 2.24. The number of amides is 1. The lowest BCUT2D eigenvalue weighted by Gasteiger charge is -2.12. The Balaban J connectivity index is 1.95. The molecule has 0 saturated carbocycles. The Kier molecular flexibility index (Phi) is 4.88. The molecule has 104 valence electrons. The average molecular weight is 272 g/mol. The van der Waals surface area contributed by atoms with Gasteiger partial charge in [0, 0.05) is 6.20 Å². The fourth-order valence-corrected chi connectivity index (χ4v) is 1.61. The van der Waals surface area contributed by atoms with Crippen molar-refractivity contribution in [1.82, 2.24) is 9.97 Å². The van der Waals surface area contributed by atoms with Crippen LogP contribution in [0.1, 0.15) is 12.1 Å². The third kappa shape index (κ3) is 4.24. The monoisotopic (exact) mass is 272 g/mol. The first kappa shape index (κ1) is 13.8. The molecule has 1 amide bonds. The summed E-state index contributed by atoms with van der Waals surface area (Å²) in [6.07, 6.45) is 3.39. The van der Waals surface area contributed by atoms with Gasteiger partial charge in [-0.1, -0.05) is 12.1 Å². The Labute approximate surface area is 117 Å². The highest BCUT2D eigenvalue weighted by Gasteiger charge is 2.04. The maximum Gasteiger partial charge on any atom is 0.220 e. The average Bonchev–Trinajstić information content (AvgIpc) is 2.47. The van der Waals surface area contributed by atoms with Crippen LogP contribution in [0.3, 0.4) is 0 Å². The van der Waals surface area contributed by atoms with E-state index in [1.807, 2.05) is 30.3 Å². The van der Waals surface area contributed by atoms with E-state index in [9.17, 15) is 4.79 Å². The van der Waals surface area contributed by atoms with E-state index >= 15 is 0 Å². The summed E-state index contributed by atoms with van der Waals surface area (Å²) < 4.78 is 5.54. The van der Waals surface area contributed by atoms with Crippen molar-refractivity contribution in [1.29, 1.82) is 0 Å². The second-order valence-electron chi connectivity index (χ2n) is 4.12. The number of nitrogens with one attached hydrogen (secondary N) is 1. The zero-order chi connectivity index (χ0) is 14.2. The molecule has 1 aromatic carbocycles. The van der Waals surface area contributed by atoms with Crippen LogP contribution in [0.5, 0.6) is 5.75 Å². The van der Waals surface area contributed by atoms with E-state index in [1.54, 1.807) is 6.20 Å². The normalized spacial score (nSPS) is 10.0. The zero-order valence-electron chi connectivity index (χ0n) is 11.0. The fourth-order valence-electron chi connectivity index (χ4n) is 1.61.